The van der Waals surface area contributed by atoms with Crippen LogP contribution in [0.5, 0.6) is 0 Å². The van der Waals surface area contributed by atoms with Crippen molar-refractivity contribution in [2.75, 3.05) is 12.3 Å². The Hall–Kier alpha value is -3.72. The summed E-state index contributed by atoms with van der Waals surface area (Å²) >= 11 is 0. The number of nitrogens with one attached hydrogen (secondary N) is 1. The van der Waals surface area contributed by atoms with Crippen molar-refractivity contribution in [1.82, 2.24) is 9.88 Å². The third-order valence-electron chi connectivity index (χ3n) is 5.18. The highest BCUT2D eigenvalue weighted by atomic mass is 32.2. The minimum absolute atomic E-state index is 0.0392. The Kier molecular flexibility index (Phi) is 6.41. The van der Waals surface area contributed by atoms with Gasteiger partial charge in [0.1, 0.15) is 11.3 Å². The van der Waals surface area contributed by atoms with Crippen LogP contribution in [-0.2, 0) is 9.84 Å². The standard InChI is InChI=1S/C24H21FN2O5S/c25-19-11-8-17(9-12-19)18-10-13-22-21(16-18)27(24(29)32-22)23(28)26-14-4-5-15-33(30,31)20-6-2-1-3-7-20/h1-3,6-13,16H,4-5,14-15H2,(H,26,28). The van der Waals surface area contributed by atoms with Crippen molar-refractivity contribution in [2.45, 2.75) is 17.7 Å². The maximum atomic E-state index is 13.2. The number of benzene rings is 3. The fraction of sp³-hybridized carbons (Fsp3) is 0.167. The third kappa shape index (κ3) is 5.04. The van der Waals surface area contributed by atoms with Gasteiger partial charge in [-0.15, -0.1) is 0 Å². The van der Waals surface area contributed by atoms with Crippen molar-refractivity contribution in [1.29, 1.82) is 0 Å². The van der Waals surface area contributed by atoms with Gasteiger partial charge >= 0.3 is 11.8 Å². The van der Waals surface area contributed by atoms with E-state index < -0.39 is 21.6 Å². The summed E-state index contributed by atoms with van der Waals surface area (Å²) in [5.74, 6) is -1.23. The van der Waals surface area contributed by atoms with Gasteiger partial charge in [0.05, 0.1) is 10.6 Å². The van der Waals surface area contributed by atoms with Crippen LogP contribution in [0.1, 0.15) is 12.8 Å². The Morgan fingerprint density at radius 1 is 0.939 bits per heavy atom. The van der Waals surface area contributed by atoms with Gasteiger partial charge in [-0.2, -0.15) is 4.57 Å². The molecule has 33 heavy (non-hydrogen) atoms. The quantitative estimate of drug-likeness (QED) is 0.410. The molecule has 0 bridgehead atoms. The maximum Gasteiger partial charge on any atom is 0.428 e. The highest BCUT2D eigenvalue weighted by Crippen LogP contribution is 2.24. The van der Waals surface area contributed by atoms with Crippen LogP contribution in [0.25, 0.3) is 22.2 Å². The minimum Gasteiger partial charge on any atom is -0.407 e. The van der Waals surface area contributed by atoms with Crippen LogP contribution in [0.2, 0.25) is 0 Å². The van der Waals surface area contributed by atoms with Gasteiger partial charge in [-0.3, -0.25) is 0 Å². The molecule has 0 fully saturated rings. The Balaban J connectivity index is 1.41. The predicted octanol–water partition coefficient (Wildman–Crippen LogP) is 4.21. The number of rotatable bonds is 7. The summed E-state index contributed by atoms with van der Waals surface area (Å²) < 4.78 is 43.9. The largest absolute Gasteiger partial charge is 0.428 e. The molecule has 4 aromatic rings. The number of nitrogens with zero attached hydrogens (tertiary/aromatic N) is 1. The normalized spacial score (nSPS) is 11.5. The summed E-state index contributed by atoms with van der Waals surface area (Å²) in [4.78, 5) is 25.2. The molecule has 1 heterocycles. The summed E-state index contributed by atoms with van der Waals surface area (Å²) in [5, 5.41) is 2.63. The number of unbranched alkanes of at least 4 members (excludes halogenated alkanes) is 1. The first-order valence-corrected chi connectivity index (χ1v) is 12.0. The highest BCUT2D eigenvalue weighted by molar-refractivity contribution is 7.91. The molecule has 170 valence electrons. The van der Waals surface area contributed by atoms with Gasteiger partial charge in [0.15, 0.2) is 15.4 Å². The monoisotopic (exact) mass is 468 g/mol. The van der Waals surface area contributed by atoms with Gasteiger partial charge < -0.3 is 9.73 Å². The van der Waals surface area contributed by atoms with E-state index in [9.17, 15) is 22.4 Å². The molecule has 0 aliphatic heterocycles. The second kappa shape index (κ2) is 9.41. The summed E-state index contributed by atoms with van der Waals surface area (Å²) in [5.41, 5.74) is 1.94. The average Bonchev–Trinajstić information content (AvgIpc) is 3.14. The van der Waals surface area contributed by atoms with Crippen molar-refractivity contribution < 1.29 is 22.0 Å². The van der Waals surface area contributed by atoms with Crippen molar-refractivity contribution in [3.8, 4) is 11.1 Å². The van der Waals surface area contributed by atoms with E-state index in [1.165, 1.54) is 12.1 Å². The van der Waals surface area contributed by atoms with Gasteiger partial charge in [0.2, 0.25) is 0 Å². The number of hydrogen-bond donors (Lipinski definition) is 1. The van der Waals surface area contributed by atoms with Crippen molar-refractivity contribution in [3.05, 3.63) is 89.2 Å². The predicted molar refractivity (Wildman–Crippen MR) is 122 cm³/mol. The van der Waals surface area contributed by atoms with Crippen molar-refractivity contribution >= 4 is 27.0 Å². The number of hydrogen-bond acceptors (Lipinski definition) is 5. The molecule has 0 atom stereocenters. The van der Waals surface area contributed by atoms with E-state index >= 15 is 0 Å². The molecule has 0 spiro atoms. The van der Waals surface area contributed by atoms with Crippen molar-refractivity contribution in [3.63, 3.8) is 0 Å². The molecular formula is C24H21FN2O5S. The van der Waals surface area contributed by atoms with E-state index in [4.69, 9.17) is 4.42 Å². The zero-order valence-corrected chi connectivity index (χ0v) is 18.3. The molecule has 0 aliphatic rings. The molecule has 0 saturated heterocycles. The van der Waals surface area contributed by atoms with Crippen LogP contribution >= 0.6 is 0 Å². The first kappa shape index (κ1) is 22.5. The summed E-state index contributed by atoms with van der Waals surface area (Å²) in [6.45, 7) is 0.194. The number of aromatic nitrogens is 1. The number of sulfone groups is 1. The summed E-state index contributed by atoms with van der Waals surface area (Å²) in [6, 6.07) is 18.3. The number of fused-ring (bicyclic) bond motifs is 1. The highest BCUT2D eigenvalue weighted by Gasteiger charge is 2.17. The lowest BCUT2D eigenvalue weighted by molar-refractivity contribution is 0.241. The molecule has 1 amide bonds. The minimum atomic E-state index is -3.38. The molecule has 9 heteroatoms. The van der Waals surface area contributed by atoms with Gasteiger partial charge in [-0.1, -0.05) is 36.4 Å². The zero-order chi connectivity index (χ0) is 23.4. The molecular weight excluding hydrogens is 447 g/mol. The van der Waals surface area contributed by atoms with E-state index in [0.717, 1.165) is 10.1 Å². The van der Waals surface area contributed by atoms with E-state index in [1.54, 1.807) is 60.7 Å². The molecule has 1 N–H and O–H groups in total. The fourth-order valence-electron chi connectivity index (χ4n) is 3.47. The number of carbonyl (C=O) groups is 1. The van der Waals surface area contributed by atoms with Crippen molar-refractivity contribution in [2.24, 2.45) is 0 Å². The number of amides is 1. The van der Waals surface area contributed by atoms with E-state index in [0.29, 0.717) is 18.4 Å². The maximum absolute atomic E-state index is 13.2. The first-order chi connectivity index (χ1) is 15.8. The van der Waals surface area contributed by atoms with Crippen LogP contribution in [0, 0.1) is 5.82 Å². The lowest BCUT2D eigenvalue weighted by Gasteiger charge is -2.07. The second-order valence-corrected chi connectivity index (χ2v) is 9.57. The molecule has 4 rings (SSSR count). The molecule has 0 aliphatic carbocycles. The van der Waals surface area contributed by atoms with Crippen LogP contribution in [0.3, 0.4) is 0 Å². The van der Waals surface area contributed by atoms with Crippen LogP contribution < -0.4 is 11.1 Å². The summed E-state index contributed by atoms with van der Waals surface area (Å²) in [6.07, 6.45) is 0.774. The Labute approximate surface area is 189 Å². The van der Waals surface area contributed by atoms with Gasteiger partial charge in [-0.25, -0.2) is 22.4 Å². The fourth-order valence-corrected chi connectivity index (χ4v) is 4.86. The molecule has 1 aromatic heterocycles. The molecule has 0 saturated carbocycles. The molecule has 7 nitrogen and oxygen atoms in total. The first-order valence-electron chi connectivity index (χ1n) is 10.3. The zero-order valence-electron chi connectivity index (χ0n) is 17.5. The van der Waals surface area contributed by atoms with Gasteiger partial charge in [0, 0.05) is 6.54 Å². The summed E-state index contributed by atoms with van der Waals surface area (Å²) in [7, 11) is -3.38. The van der Waals surface area contributed by atoms with Gasteiger partial charge in [0.25, 0.3) is 0 Å². The lowest BCUT2D eigenvalue weighted by Crippen LogP contribution is -2.34. The Bertz CT molecular complexity index is 1440. The van der Waals surface area contributed by atoms with Crippen LogP contribution in [0.4, 0.5) is 9.18 Å². The molecule has 0 radical (unpaired) electrons. The number of halogens is 1. The van der Waals surface area contributed by atoms with E-state index in [1.807, 2.05) is 0 Å². The topological polar surface area (TPSA) is 98.4 Å². The Morgan fingerprint density at radius 2 is 1.64 bits per heavy atom. The second-order valence-electron chi connectivity index (χ2n) is 7.46. The van der Waals surface area contributed by atoms with Crippen LogP contribution in [-0.4, -0.2) is 31.3 Å². The molecule has 3 aromatic carbocycles. The third-order valence-corrected chi connectivity index (χ3v) is 7.00. The SMILES string of the molecule is O=C(NCCCCS(=O)(=O)c1ccccc1)n1c(=O)oc2ccc(-c3ccc(F)cc3)cc21. The Morgan fingerprint density at radius 3 is 2.36 bits per heavy atom. The number of carbonyl (C=O) groups excluding carboxylic acids is 1. The molecule has 0 unspecified atom stereocenters. The number of oxazole rings is 1. The van der Waals surface area contributed by atoms with E-state index in [2.05, 4.69) is 5.32 Å². The smallest absolute Gasteiger partial charge is 0.407 e. The lowest BCUT2D eigenvalue weighted by atomic mass is 10.1. The van der Waals surface area contributed by atoms with Gasteiger partial charge in [-0.05, 0) is 60.4 Å². The van der Waals surface area contributed by atoms with Crippen LogP contribution in [0.15, 0.2) is 86.9 Å². The van der Waals surface area contributed by atoms with E-state index in [-0.39, 0.29) is 34.1 Å². The average molecular weight is 469 g/mol.